The van der Waals surface area contributed by atoms with E-state index in [2.05, 4.69) is 17.6 Å². The van der Waals surface area contributed by atoms with Gasteiger partial charge in [0.15, 0.2) is 0 Å². The Bertz CT molecular complexity index is 240. The lowest BCUT2D eigenvalue weighted by Gasteiger charge is -2.28. The first kappa shape index (κ1) is 16.4. The molecule has 0 bridgehead atoms. The van der Waals surface area contributed by atoms with E-state index < -0.39 is 0 Å². The Morgan fingerprint density at radius 1 is 1.42 bits per heavy atom. The molecule has 112 valence electrons. The molecule has 1 amide bonds. The molecule has 1 fully saturated rings. The fourth-order valence-corrected chi connectivity index (χ4v) is 2.67. The first-order valence-electron chi connectivity index (χ1n) is 7.70. The lowest BCUT2D eigenvalue weighted by Crippen LogP contribution is -2.35. The van der Waals surface area contributed by atoms with Gasteiger partial charge in [-0.2, -0.15) is 0 Å². The van der Waals surface area contributed by atoms with E-state index in [-0.39, 0.29) is 5.91 Å². The zero-order valence-electron chi connectivity index (χ0n) is 12.5. The summed E-state index contributed by atoms with van der Waals surface area (Å²) in [7, 11) is 1.73. The Balaban J connectivity index is 2.02. The number of carbonyl (C=O) groups excluding carboxylic acids is 1. The minimum Gasteiger partial charge on any atom is -0.385 e. The van der Waals surface area contributed by atoms with Crippen molar-refractivity contribution in [1.29, 1.82) is 0 Å². The SMILES string of the molecule is COCCCCCNC(=O)CC(C)C1CCCNC1. The third-order valence-electron chi connectivity index (χ3n) is 3.99. The van der Waals surface area contributed by atoms with Gasteiger partial charge < -0.3 is 15.4 Å². The fourth-order valence-electron chi connectivity index (χ4n) is 2.67. The molecule has 2 unspecified atom stereocenters. The topological polar surface area (TPSA) is 50.4 Å². The summed E-state index contributed by atoms with van der Waals surface area (Å²) in [6, 6.07) is 0. The molecule has 0 radical (unpaired) electrons. The number of nitrogens with one attached hydrogen (secondary N) is 2. The Morgan fingerprint density at radius 2 is 2.26 bits per heavy atom. The number of amides is 1. The van der Waals surface area contributed by atoms with Crippen molar-refractivity contribution in [2.75, 3.05) is 33.4 Å². The number of unbranched alkanes of at least 4 members (excludes halogenated alkanes) is 2. The molecule has 1 aliphatic heterocycles. The van der Waals surface area contributed by atoms with Crippen molar-refractivity contribution in [3.8, 4) is 0 Å². The van der Waals surface area contributed by atoms with Gasteiger partial charge in [0, 0.05) is 26.7 Å². The molecule has 0 aromatic carbocycles. The van der Waals surface area contributed by atoms with Crippen LogP contribution in [0.2, 0.25) is 0 Å². The van der Waals surface area contributed by atoms with Gasteiger partial charge in [-0.3, -0.25) is 4.79 Å². The second-order valence-corrected chi connectivity index (χ2v) is 5.69. The number of hydrogen-bond donors (Lipinski definition) is 2. The predicted molar refractivity (Wildman–Crippen MR) is 78.1 cm³/mol. The standard InChI is InChI=1S/C15H30N2O2/c1-13(14-7-6-8-16-12-14)11-15(18)17-9-4-3-5-10-19-2/h13-14,16H,3-12H2,1-2H3,(H,17,18). The number of rotatable bonds is 9. The highest BCUT2D eigenvalue weighted by atomic mass is 16.5. The van der Waals surface area contributed by atoms with Crippen LogP contribution in [-0.4, -0.2) is 39.3 Å². The third kappa shape index (κ3) is 7.53. The largest absolute Gasteiger partial charge is 0.385 e. The van der Waals surface area contributed by atoms with Gasteiger partial charge in [0.05, 0.1) is 0 Å². The molecule has 1 rings (SSSR count). The van der Waals surface area contributed by atoms with Gasteiger partial charge in [-0.25, -0.2) is 0 Å². The van der Waals surface area contributed by atoms with Crippen LogP contribution in [0, 0.1) is 11.8 Å². The molecule has 4 heteroatoms. The van der Waals surface area contributed by atoms with Crippen molar-refractivity contribution in [2.24, 2.45) is 11.8 Å². The zero-order valence-corrected chi connectivity index (χ0v) is 12.5. The molecular formula is C15H30N2O2. The summed E-state index contributed by atoms with van der Waals surface area (Å²) in [4.78, 5) is 11.8. The summed E-state index contributed by atoms with van der Waals surface area (Å²) in [6.07, 6.45) is 6.43. The van der Waals surface area contributed by atoms with Gasteiger partial charge >= 0.3 is 0 Å². The molecule has 1 saturated heterocycles. The van der Waals surface area contributed by atoms with E-state index in [4.69, 9.17) is 4.74 Å². The van der Waals surface area contributed by atoms with E-state index >= 15 is 0 Å². The molecule has 0 spiro atoms. The monoisotopic (exact) mass is 270 g/mol. The van der Waals surface area contributed by atoms with Crippen molar-refractivity contribution >= 4 is 5.91 Å². The number of carbonyl (C=O) groups is 1. The molecule has 19 heavy (non-hydrogen) atoms. The molecule has 1 heterocycles. The zero-order chi connectivity index (χ0) is 13.9. The summed E-state index contributed by atoms with van der Waals surface area (Å²) >= 11 is 0. The first-order valence-corrected chi connectivity index (χ1v) is 7.70. The maximum absolute atomic E-state index is 11.8. The Hall–Kier alpha value is -0.610. The molecule has 4 nitrogen and oxygen atoms in total. The van der Waals surface area contributed by atoms with Crippen LogP contribution in [0.5, 0.6) is 0 Å². The van der Waals surface area contributed by atoms with Crippen LogP contribution in [0.25, 0.3) is 0 Å². The first-order chi connectivity index (χ1) is 9.24. The van der Waals surface area contributed by atoms with Crippen LogP contribution >= 0.6 is 0 Å². The summed E-state index contributed by atoms with van der Waals surface area (Å²) in [5.74, 6) is 1.37. The number of hydrogen-bond acceptors (Lipinski definition) is 3. The van der Waals surface area contributed by atoms with Crippen molar-refractivity contribution < 1.29 is 9.53 Å². The number of piperidine rings is 1. The third-order valence-corrected chi connectivity index (χ3v) is 3.99. The maximum Gasteiger partial charge on any atom is 0.220 e. The summed E-state index contributed by atoms with van der Waals surface area (Å²) in [6.45, 7) is 6.04. The Kier molecular flexibility index (Phi) is 8.84. The molecule has 0 aromatic heterocycles. The summed E-state index contributed by atoms with van der Waals surface area (Å²) in [5, 5.41) is 6.45. The highest BCUT2D eigenvalue weighted by Gasteiger charge is 2.21. The van der Waals surface area contributed by atoms with E-state index in [1.54, 1.807) is 7.11 Å². The molecule has 1 aliphatic rings. The van der Waals surface area contributed by atoms with Crippen LogP contribution in [0.3, 0.4) is 0 Å². The molecular weight excluding hydrogens is 240 g/mol. The average molecular weight is 270 g/mol. The van der Waals surface area contributed by atoms with E-state index in [0.29, 0.717) is 18.3 Å². The van der Waals surface area contributed by atoms with Gasteiger partial charge in [-0.1, -0.05) is 6.92 Å². The van der Waals surface area contributed by atoms with Crippen LogP contribution < -0.4 is 10.6 Å². The van der Waals surface area contributed by atoms with E-state index in [1.807, 2.05) is 0 Å². The van der Waals surface area contributed by atoms with Crippen molar-refractivity contribution in [1.82, 2.24) is 10.6 Å². The Labute approximate surface area is 117 Å². The van der Waals surface area contributed by atoms with Gasteiger partial charge in [0.2, 0.25) is 5.91 Å². The number of methoxy groups -OCH3 is 1. The van der Waals surface area contributed by atoms with E-state index in [0.717, 1.165) is 45.5 Å². The lowest BCUT2D eigenvalue weighted by atomic mass is 9.85. The van der Waals surface area contributed by atoms with Crippen molar-refractivity contribution in [3.63, 3.8) is 0 Å². The fraction of sp³-hybridized carbons (Fsp3) is 0.933. The van der Waals surface area contributed by atoms with Gasteiger partial charge in [0.1, 0.15) is 0 Å². The lowest BCUT2D eigenvalue weighted by molar-refractivity contribution is -0.122. The molecule has 0 aromatic rings. The molecule has 0 aliphatic carbocycles. The van der Waals surface area contributed by atoms with Crippen LogP contribution in [-0.2, 0) is 9.53 Å². The normalized spacial score (nSPS) is 21.1. The van der Waals surface area contributed by atoms with Crippen molar-refractivity contribution in [2.45, 2.75) is 45.4 Å². The maximum atomic E-state index is 11.8. The summed E-state index contributed by atoms with van der Waals surface area (Å²) < 4.78 is 5.00. The Morgan fingerprint density at radius 3 is 2.95 bits per heavy atom. The molecule has 0 saturated carbocycles. The molecule has 2 atom stereocenters. The van der Waals surface area contributed by atoms with Gasteiger partial charge in [-0.05, 0) is 57.0 Å². The summed E-state index contributed by atoms with van der Waals surface area (Å²) in [5.41, 5.74) is 0. The second-order valence-electron chi connectivity index (χ2n) is 5.69. The highest BCUT2D eigenvalue weighted by Crippen LogP contribution is 2.22. The van der Waals surface area contributed by atoms with Crippen LogP contribution in [0.4, 0.5) is 0 Å². The van der Waals surface area contributed by atoms with Crippen LogP contribution in [0.1, 0.15) is 45.4 Å². The van der Waals surface area contributed by atoms with Gasteiger partial charge in [0.25, 0.3) is 0 Å². The van der Waals surface area contributed by atoms with E-state index in [9.17, 15) is 4.79 Å². The average Bonchev–Trinajstić information content (AvgIpc) is 2.43. The molecule has 2 N–H and O–H groups in total. The predicted octanol–water partition coefficient (Wildman–Crippen LogP) is 1.95. The van der Waals surface area contributed by atoms with Gasteiger partial charge in [-0.15, -0.1) is 0 Å². The highest BCUT2D eigenvalue weighted by molar-refractivity contribution is 5.76. The second kappa shape index (κ2) is 10.2. The quantitative estimate of drug-likeness (QED) is 0.630. The number of ether oxygens (including phenoxy) is 1. The minimum atomic E-state index is 0.213. The van der Waals surface area contributed by atoms with Crippen molar-refractivity contribution in [3.05, 3.63) is 0 Å². The minimum absolute atomic E-state index is 0.213. The smallest absolute Gasteiger partial charge is 0.220 e. The van der Waals surface area contributed by atoms with Crippen LogP contribution in [0.15, 0.2) is 0 Å². The van der Waals surface area contributed by atoms with E-state index in [1.165, 1.54) is 12.8 Å².